The molecule has 0 aliphatic rings. The summed E-state index contributed by atoms with van der Waals surface area (Å²) in [6.45, 7) is 10.2. The van der Waals surface area contributed by atoms with E-state index in [1.54, 1.807) is 6.92 Å². The first-order valence-corrected chi connectivity index (χ1v) is 5.98. The van der Waals surface area contributed by atoms with Gasteiger partial charge in [0.25, 0.3) is 0 Å². The third-order valence-corrected chi connectivity index (χ3v) is 3.03. The predicted octanol–water partition coefficient (Wildman–Crippen LogP) is 1.32. The average molecular weight is 231 g/mol. The maximum atomic E-state index is 11.8. The summed E-state index contributed by atoms with van der Waals surface area (Å²) in [7, 11) is 0. The van der Waals surface area contributed by atoms with Gasteiger partial charge in [0.1, 0.15) is 5.54 Å². The first kappa shape index (κ1) is 15.4. The molecule has 4 nitrogen and oxygen atoms in total. The van der Waals surface area contributed by atoms with Gasteiger partial charge >= 0.3 is 5.97 Å². The van der Waals surface area contributed by atoms with Crippen molar-refractivity contribution in [3.63, 3.8) is 0 Å². The van der Waals surface area contributed by atoms with E-state index in [-0.39, 0.29) is 11.9 Å². The summed E-state index contributed by atoms with van der Waals surface area (Å²) in [5.41, 5.74) is -0.730. The largest absolute Gasteiger partial charge is 0.465 e. The molecule has 0 aromatic carbocycles. The lowest BCUT2D eigenvalue weighted by atomic mass is 9.88. The number of rotatable bonds is 7. The Labute approximate surface area is 98.4 Å². The number of hydrogen-bond donors (Lipinski definition) is 2. The zero-order valence-electron chi connectivity index (χ0n) is 11.0. The maximum Gasteiger partial charge on any atom is 0.326 e. The zero-order chi connectivity index (χ0) is 12.8. The molecule has 0 rings (SSSR count). The van der Waals surface area contributed by atoms with Crippen LogP contribution in [-0.4, -0.2) is 35.9 Å². The van der Waals surface area contributed by atoms with Gasteiger partial charge in [-0.3, -0.25) is 10.1 Å². The van der Waals surface area contributed by atoms with E-state index in [1.165, 1.54) is 0 Å². The van der Waals surface area contributed by atoms with Crippen molar-refractivity contribution in [2.45, 2.75) is 52.7 Å². The smallest absolute Gasteiger partial charge is 0.326 e. The number of ether oxygens (including phenoxy) is 1. The number of aliphatic hydroxyl groups excluding tert-OH is 1. The Bertz CT molecular complexity index is 218. The maximum absolute atomic E-state index is 11.8. The van der Waals surface area contributed by atoms with Crippen LogP contribution in [0.4, 0.5) is 0 Å². The molecule has 0 saturated carbocycles. The average Bonchev–Trinajstić information content (AvgIpc) is 2.25. The molecule has 0 aliphatic heterocycles. The van der Waals surface area contributed by atoms with Crippen LogP contribution in [0.1, 0.15) is 41.0 Å². The van der Waals surface area contributed by atoms with Crippen molar-refractivity contribution in [1.29, 1.82) is 0 Å². The minimum absolute atomic E-state index is 0.107. The first-order chi connectivity index (χ1) is 7.38. The highest BCUT2D eigenvalue weighted by atomic mass is 16.5. The molecule has 0 fully saturated rings. The zero-order valence-corrected chi connectivity index (χ0v) is 11.0. The van der Waals surface area contributed by atoms with Crippen LogP contribution in [0.2, 0.25) is 0 Å². The van der Waals surface area contributed by atoms with Gasteiger partial charge in [-0.25, -0.2) is 0 Å². The normalized spacial score (nSPS) is 16.9. The van der Waals surface area contributed by atoms with Crippen LogP contribution in [0.25, 0.3) is 0 Å². The summed E-state index contributed by atoms with van der Waals surface area (Å²) in [6, 6.07) is 0. The van der Waals surface area contributed by atoms with Gasteiger partial charge in [-0.05, 0) is 26.2 Å². The van der Waals surface area contributed by atoms with Crippen molar-refractivity contribution in [2.75, 3.05) is 13.2 Å². The summed E-state index contributed by atoms with van der Waals surface area (Å²) in [5, 5.41) is 12.6. The molecule has 0 saturated heterocycles. The highest BCUT2D eigenvalue weighted by molar-refractivity contribution is 5.80. The molecule has 0 aromatic heterocycles. The molecule has 0 aromatic rings. The fraction of sp³-hybridized carbons (Fsp3) is 0.917. The monoisotopic (exact) mass is 231 g/mol. The Kier molecular flexibility index (Phi) is 6.60. The summed E-state index contributed by atoms with van der Waals surface area (Å²) in [6.07, 6.45) is 0.247. The fourth-order valence-electron chi connectivity index (χ4n) is 1.27. The van der Waals surface area contributed by atoms with Crippen molar-refractivity contribution in [2.24, 2.45) is 5.92 Å². The van der Waals surface area contributed by atoms with Crippen LogP contribution in [0.15, 0.2) is 0 Å². The summed E-state index contributed by atoms with van der Waals surface area (Å²) in [4.78, 5) is 11.8. The quantitative estimate of drug-likeness (QED) is 0.649. The second-order valence-electron chi connectivity index (χ2n) is 4.52. The Morgan fingerprint density at radius 1 is 1.44 bits per heavy atom. The molecule has 0 aliphatic carbocycles. The number of carbonyl (C=O) groups is 1. The number of hydrogen-bond acceptors (Lipinski definition) is 4. The molecule has 0 amide bonds. The summed E-state index contributed by atoms with van der Waals surface area (Å²) >= 11 is 0. The Morgan fingerprint density at radius 3 is 2.38 bits per heavy atom. The van der Waals surface area contributed by atoms with Crippen LogP contribution in [0, 0.1) is 5.92 Å². The Balaban J connectivity index is 4.51. The fourth-order valence-corrected chi connectivity index (χ4v) is 1.27. The predicted molar refractivity (Wildman–Crippen MR) is 64.2 cm³/mol. The molecule has 4 heteroatoms. The molecule has 2 atom stereocenters. The van der Waals surface area contributed by atoms with Crippen molar-refractivity contribution < 1.29 is 14.6 Å². The lowest BCUT2D eigenvalue weighted by Gasteiger charge is -2.33. The van der Waals surface area contributed by atoms with E-state index in [2.05, 4.69) is 5.32 Å². The van der Waals surface area contributed by atoms with E-state index in [1.807, 2.05) is 27.7 Å². The molecule has 96 valence electrons. The van der Waals surface area contributed by atoms with E-state index in [4.69, 9.17) is 4.74 Å². The van der Waals surface area contributed by atoms with Crippen LogP contribution < -0.4 is 5.32 Å². The number of nitrogens with one attached hydrogen (secondary N) is 1. The van der Waals surface area contributed by atoms with Gasteiger partial charge in [0, 0.05) is 6.54 Å². The van der Waals surface area contributed by atoms with E-state index in [0.29, 0.717) is 19.6 Å². The van der Waals surface area contributed by atoms with E-state index >= 15 is 0 Å². The second kappa shape index (κ2) is 6.86. The van der Waals surface area contributed by atoms with E-state index in [9.17, 15) is 9.90 Å². The van der Waals surface area contributed by atoms with Crippen LogP contribution in [0.3, 0.4) is 0 Å². The van der Waals surface area contributed by atoms with Gasteiger partial charge in [0.2, 0.25) is 0 Å². The molecular formula is C12H25NO3. The standard InChI is InChI=1S/C12H25NO3/c1-6-10(14)8-13-12(5,9(3)4)11(15)16-7-2/h9-10,13-14H,6-8H2,1-5H3/t10-,12?/m1/s1. The molecule has 1 unspecified atom stereocenters. The highest BCUT2D eigenvalue weighted by Gasteiger charge is 2.37. The molecule has 16 heavy (non-hydrogen) atoms. The third kappa shape index (κ3) is 4.10. The summed E-state index contributed by atoms with van der Waals surface area (Å²) < 4.78 is 5.05. The number of carbonyl (C=O) groups excluding carboxylic acids is 1. The SMILES string of the molecule is CCOC(=O)C(C)(NC[C@H](O)CC)C(C)C. The van der Waals surface area contributed by atoms with Gasteiger partial charge in [-0.2, -0.15) is 0 Å². The Morgan fingerprint density at radius 2 is 2.00 bits per heavy atom. The van der Waals surface area contributed by atoms with Gasteiger partial charge in [0.05, 0.1) is 12.7 Å². The molecule has 0 radical (unpaired) electrons. The first-order valence-electron chi connectivity index (χ1n) is 5.98. The van der Waals surface area contributed by atoms with Crippen molar-refractivity contribution in [3.8, 4) is 0 Å². The lowest BCUT2D eigenvalue weighted by Crippen LogP contribution is -2.56. The van der Waals surface area contributed by atoms with E-state index < -0.39 is 11.6 Å². The minimum atomic E-state index is -0.730. The van der Waals surface area contributed by atoms with Crippen molar-refractivity contribution in [3.05, 3.63) is 0 Å². The third-order valence-electron chi connectivity index (χ3n) is 3.03. The topological polar surface area (TPSA) is 58.6 Å². The molecule has 0 bridgehead atoms. The second-order valence-corrected chi connectivity index (χ2v) is 4.52. The van der Waals surface area contributed by atoms with Crippen molar-refractivity contribution in [1.82, 2.24) is 5.32 Å². The molecule has 0 spiro atoms. The van der Waals surface area contributed by atoms with Crippen LogP contribution in [0.5, 0.6) is 0 Å². The molecule has 0 heterocycles. The number of esters is 1. The van der Waals surface area contributed by atoms with Gasteiger partial charge in [-0.1, -0.05) is 20.8 Å². The van der Waals surface area contributed by atoms with Crippen molar-refractivity contribution >= 4 is 5.97 Å². The lowest BCUT2D eigenvalue weighted by molar-refractivity contribution is -0.152. The number of β-amino-alcohol motifs (C(OH)–C–C–N with tert-alkyl or cyclic N) is 1. The Hall–Kier alpha value is -0.610. The molecule has 2 N–H and O–H groups in total. The van der Waals surface area contributed by atoms with Crippen LogP contribution in [-0.2, 0) is 9.53 Å². The van der Waals surface area contributed by atoms with Crippen LogP contribution >= 0.6 is 0 Å². The van der Waals surface area contributed by atoms with E-state index in [0.717, 1.165) is 0 Å². The minimum Gasteiger partial charge on any atom is -0.465 e. The van der Waals surface area contributed by atoms with Gasteiger partial charge < -0.3 is 9.84 Å². The highest BCUT2D eigenvalue weighted by Crippen LogP contribution is 2.18. The number of aliphatic hydroxyl groups is 1. The van der Waals surface area contributed by atoms with Gasteiger partial charge in [-0.15, -0.1) is 0 Å². The molecular weight excluding hydrogens is 206 g/mol. The summed E-state index contributed by atoms with van der Waals surface area (Å²) in [5.74, 6) is -0.149. The van der Waals surface area contributed by atoms with Gasteiger partial charge in [0.15, 0.2) is 0 Å².